The number of alkyl halides is 2. The first kappa shape index (κ1) is 14.7. The van der Waals surface area contributed by atoms with Crippen molar-refractivity contribution in [2.24, 2.45) is 5.73 Å². The van der Waals surface area contributed by atoms with E-state index in [4.69, 9.17) is 15.2 Å². The summed E-state index contributed by atoms with van der Waals surface area (Å²) in [6.07, 6.45) is -2.66. The molecule has 0 aliphatic rings. The lowest BCUT2D eigenvalue weighted by Crippen LogP contribution is -2.13. The predicted octanol–water partition coefficient (Wildman–Crippen LogP) is 1.22. The largest absolute Gasteiger partial charge is 0.493 e. The zero-order chi connectivity index (χ0) is 15.4. The maximum absolute atomic E-state index is 12.4. The molecule has 112 valence electrons. The van der Waals surface area contributed by atoms with Gasteiger partial charge in [-0.1, -0.05) is 6.07 Å². The van der Waals surface area contributed by atoms with E-state index in [2.05, 4.69) is 15.4 Å². The number of aromatic nitrogens is 3. The van der Waals surface area contributed by atoms with Crippen LogP contribution in [-0.2, 0) is 0 Å². The van der Waals surface area contributed by atoms with Crippen LogP contribution in [0.2, 0.25) is 0 Å². The lowest BCUT2D eigenvalue weighted by molar-refractivity contribution is 0.0807. The van der Waals surface area contributed by atoms with Gasteiger partial charge in [-0.05, 0) is 12.1 Å². The number of primary amides is 1. The Morgan fingerprint density at radius 2 is 2.19 bits per heavy atom. The number of nitrogens with zero attached hydrogens (tertiary/aromatic N) is 2. The second-order valence-corrected chi connectivity index (χ2v) is 3.92. The zero-order valence-corrected chi connectivity index (χ0v) is 11.0. The highest BCUT2D eigenvalue weighted by Crippen LogP contribution is 2.38. The van der Waals surface area contributed by atoms with Crippen LogP contribution in [0, 0.1) is 0 Å². The predicted molar refractivity (Wildman–Crippen MR) is 68.4 cm³/mol. The number of hydrogen-bond donors (Lipinski definition) is 2. The van der Waals surface area contributed by atoms with Gasteiger partial charge in [-0.15, -0.1) is 0 Å². The van der Waals surface area contributed by atoms with E-state index in [0.29, 0.717) is 0 Å². The summed E-state index contributed by atoms with van der Waals surface area (Å²) in [5, 5.41) is 9.70. The van der Waals surface area contributed by atoms with Gasteiger partial charge < -0.3 is 15.2 Å². The van der Waals surface area contributed by atoms with Gasteiger partial charge in [-0.2, -0.15) is 15.4 Å². The van der Waals surface area contributed by atoms with Crippen LogP contribution in [-0.4, -0.2) is 41.5 Å². The third kappa shape index (κ3) is 3.07. The van der Waals surface area contributed by atoms with Crippen molar-refractivity contribution in [1.29, 1.82) is 0 Å². The molecule has 0 aliphatic heterocycles. The molecular formula is C12H12F2N4O3. The van der Waals surface area contributed by atoms with E-state index in [1.165, 1.54) is 19.2 Å². The summed E-state index contributed by atoms with van der Waals surface area (Å²) >= 11 is 0. The van der Waals surface area contributed by atoms with Crippen molar-refractivity contribution in [3.05, 3.63) is 23.9 Å². The average Bonchev–Trinajstić information content (AvgIpc) is 2.93. The number of halogens is 2. The summed E-state index contributed by atoms with van der Waals surface area (Å²) in [7, 11) is 1.37. The molecule has 0 unspecified atom stereocenters. The van der Waals surface area contributed by atoms with Gasteiger partial charge in [0.05, 0.1) is 12.7 Å². The number of amides is 1. The second kappa shape index (κ2) is 6.16. The number of methoxy groups -OCH3 is 1. The van der Waals surface area contributed by atoms with Crippen molar-refractivity contribution in [2.75, 3.05) is 13.7 Å². The summed E-state index contributed by atoms with van der Waals surface area (Å²) in [5.41, 5.74) is 5.44. The van der Waals surface area contributed by atoms with Gasteiger partial charge in [0.25, 0.3) is 12.3 Å². The normalized spacial score (nSPS) is 10.7. The molecule has 0 fully saturated rings. The molecule has 1 aromatic carbocycles. The van der Waals surface area contributed by atoms with E-state index >= 15 is 0 Å². The van der Waals surface area contributed by atoms with Crippen LogP contribution in [0.15, 0.2) is 18.2 Å². The van der Waals surface area contributed by atoms with Crippen molar-refractivity contribution < 1.29 is 23.0 Å². The lowest BCUT2D eigenvalue weighted by Gasteiger charge is -2.13. The van der Waals surface area contributed by atoms with E-state index in [0.717, 1.165) is 0 Å². The fourth-order valence-electron chi connectivity index (χ4n) is 1.75. The molecule has 0 bridgehead atoms. The first-order valence-electron chi connectivity index (χ1n) is 5.83. The summed E-state index contributed by atoms with van der Waals surface area (Å²) < 4.78 is 34.9. The van der Waals surface area contributed by atoms with Gasteiger partial charge >= 0.3 is 0 Å². The van der Waals surface area contributed by atoms with Crippen LogP contribution >= 0.6 is 0 Å². The van der Waals surface area contributed by atoms with Crippen molar-refractivity contribution in [1.82, 2.24) is 15.4 Å². The van der Waals surface area contributed by atoms with Gasteiger partial charge in [0.1, 0.15) is 12.3 Å². The molecule has 0 atom stereocenters. The topological polar surface area (TPSA) is 103 Å². The molecule has 2 aromatic rings. The Morgan fingerprint density at radius 3 is 2.81 bits per heavy atom. The molecule has 7 nitrogen and oxygen atoms in total. The summed E-state index contributed by atoms with van der Waals surface area (Å²) in [5.74, 6) is -0.537. The van der Waals surface area contributed by atoms with E-state index < -0.39 is 18.9 Å². The molecule has 2 rings (SSSR count). The minimum atomic E-state index is -2.66. The van der Waals surface area contributed by atoms with E-state index in [1.807, 2.05) is 0 Å². The third-order valence-corrected chi connectivity index (χ3v) is 2.59. The van der Waals surface area contributed by atoms with Crippen molar-refractivity contribution >= 4 is 5.91 Å². The fourth-order valence-corrected chi connectivity index (χ4v) is 1.75. The lowest BCUT2D eigenvalue weighted by atomic mass is 10.1. The number of rotatable bonds is 6. The summed E-state index contributed by atoms with van der Waals surface area (Å²) in [6.45, 7) is -0.822. The van der Waals surface area contributed by atoms with Crippen LogP contribution in [0.25, 0.3) is 11.3 Å². The highest BCUT2D eigenvalue weighted by atomic mass is 19.3. The van der Waals surface area contributed by atoms with Crippen molar-refractivity contribution in [3.63, 3.8) is 0 Å². The summed E-state index contributed by atoms with van der Waals surface area (Å²) in [6, 6.07) is 4.67. The minimum Gasteiger partial charge on any atom is -0.493 e. The number of H-pyrrole nitrogens is 1. The number of ether oxygens (including phenoxy) is 2. The molecular weight excluding hydrogens is 286 g/mol. The van der Waals surface area contributed by atoms with Gasteiger partial charge in [0.2, 0.25) is 0 Å². The molecule has 0 saturated carbocycles. The minimum absolute atomic E-state index is 0.0386. The van der Waals surface area contributed by atoms with Crippen LogP contribution in [0.1, 0.15) is 10.5 Å². The number of carbonyl (C=O) groups is 1. The maximum Gasteiger partial charge on any atom is 0.272 e. The highest BCUT2D eigenvalue weighted by molar-refractivity contribution is 5.97. The van der Waals surface area contributed by atoms with Crippen LogP contribution in [0.4, 0.5) is 8.78 Å². The average molecular weight is 298 g/mol. The SMILES string of the molecule is COc1cccc(-c2n[nH]nc2C(N)=O)c1OCC(F)F. The van der Waals surface area contributed by atoms with Crippen molar-refractivity contribution in [3.8, 4) is 22.8 Å². The van der Waals surface area contributed by atoms with E-state index in [9.17, 15) is 13.6 Å². The van der Waals surface area contributed by atoms with Gasteiger partial charge in [0.15, 0.2) is 17.2 Å². The number of nitrogens with two attached hydrogens (primary N) is 1. The Morgan fingerprint density at radius 1 is 1.43 bits per heavy atom. The standard InChI is InChI=1S/C12H12F2N4O3/c1-20-7-4-2-3-6(11(7)21-5-8(13)14)9-10(12(15)19)17-18-16-9/h2-4,8H,5H2,1H3,(H2,15,19)(H,16,17,18). The number of hydrogen-bond acceptors (Lipinski definition) is 5. The molecule has 1 aromatic heterocycles. The Labute approximate surface area is 118 Å². The molecule has 3 N–H and O–H groups in total. The van der Waals surface area contributed by atoms with E-state index in [1.54, 1.807) is 6.07 Å². The molecule has 1 heterocycles. The zero-order valence-electron chi connectivity index (χ0n) is 11.0. The van der Waals surface area contributed by atoms with Gasteiger partial charge in [0, 0.05) is 0 Å². The monoisotopic (exact) mass is 298 g/mol. The molecule has 1 amide bonds. The number of carbonyl (C=O) groups excluding carboxylic acids is 1. The number of para-hydroxylation sites is 1. The highest BCUT2D eigenvalue weighted by Gasteiger charge is 2.22. The quantitative estimate of drug-likeness (QED) is 0.834. The molecule has 0 radical (unpaired) electrons. The second-order valence-electron chi connectivity index (χ2n) is 3.92. The first-order chi connectivity index (χ1) is 10.0. The van der Waals surface area contributed by atoms with Gasteiger partial charge in [-0.25, -0.2) is 8.78 Å². The van der Waals surface area contributed by atoms with Gasteiger partial charge in [-0.3, -0.25) is 4.79 Å². The third-order valence-electron chi connectivity index (χ3n) is 2.59. The maximum atomic E-state index is 12.4. The number of aromatic amines is 1. The number of benzene rings is 1. The molecule has 0 spiro atoms. The molecule has 0 saturated heterocycles. The summed E-state index contributed by atoms with van der Waals surface area (Å²) in [4.78, 5) is 11.3. The molecule has 21 heavy (non-hydrogen) atoms. The molecule has 9 heteroatoms. The number of nitrogens with one attached hydrogen (secondary N) is 1. The Kier molecular flexibility index (Phi) is 4.31. The van der Waals surface area contributed by atoms with Crippen LogP contribution in [0.3, 0.4) is 0 Å². The van der Waals surface area contributed by atoms with Crippen LogP contribution in [0.5, 0.6) is 11.5 Å². The molecule has 0 aliphatic carbocycles. The Hall–Kier alpha value is -2.71. The van der Waals surface area contributed by atoms with E-state index in [-0.39, 0.29) is 28.5 Å². The van der Waals surface area contributed by atoms with Crippen molar-refractivity contribution in [2.45, 2.75) is 6.43 Å². The Balaban J connectivity index is 2.51. The Bertz CT molecular complexity index is 645. The fraction of sp³-hybridized carbons (Fsp3) is 0.250. The van der Waals surface area contributed by atoms with Crippen LogP contribution < -0.4 is 15.2 Å². The smallest absolute Gasteiger partial charge is 0.272 e. The first-order valence-corrected chi connectivity index (χ1v) is 5.83.